The number of hydrogen-bond donors (Lipinski definition) is 0. The van der Waals surface area contributed by atoms with E-state index in [0.717, 1.165) is 0 Å². The Hall–Kier alpha value is -0.360. The lowest BCUT2D eigenvalue weighted by atomic mass is 9.82. The molecule has 2 nitrogen and oxygen atoms in total. The number of fused-ring (bicyclic) bond motifs is 1. The van der Waals surface area contributed by atoms with Crippen LogP contribution in [0.25, 0.3) is 0 Å². The van der Waals surface area contributed by atoms with E-state index in [1.807, 2.05) is 4.90 Å². The fourth-order valence-electron chi connectivity index (χ4n) is 3.74. The van der Waals surface area contributed by atoms with E-state index in [9.17, 15) is 17.6 Å². The summed E-state index contributed by atoms with van der Waals surface area (Å²) in [6.07, 6.45) is -4.57. The van der Waals surface area contributed by atoms with Gasteiger partial charge >= 0.3 is 0 Å². The van der Waals surface area contributed by atoms with Gasteiger partial charge in [-0.1, -0.05) is 0 Å². The molecular weight excluding hydrogens is 274 g/mol. The van der Waals surface area contributed by atoms with E-state index in [0.29, 0.717) is 19.7 Å². The lowest BCUT2D eigenvalue weighted by Crippen LogP contribution is -2.54. The van der Waals surface area contributed by atoms with Gasteiger partial charge < -0.3 is 4.74 Å². The number of alkyl halides is 4. The van der Waals surface area contributed by atoms with Crippen LogP contribution in [0, 0.1) is 5.92 Å². The highest BCUT2D eigenvalue weighted by molar-refractivity contribution is 4.93. The molecule has 20 heavy (non-hydrogen) atoms. The first kappa shape index (κ1) is 14.6. The summed E-state index contributed by atoms with van der Waals surface area (Å²) < 4.78 is 59.1. The van der Waals surface area contributed by atoms with Gasteiger partial charge in [0.25, 0.3) is 0 Å². The SMILES string of the molecule is FC1CCC(N2COC3CC(F)C(F)CC3C2)CC1F. The van der Waals surface area contributed by atoms with Crippen molar-refractivity contribution in [2.45, 2.75) is 68.9 Å². The zero-order valence-corrected chi connectivity index (χ0v) is 11.4. The molecule has 3 rings (SSSR count). The highest BCUT2D eigenvalue weighted by Crippen LogP contribution is 2.36. The van der Waals surface area contributed by atoms with Crippen LogP contribution in [-0.2, 0) is 4.74 Å². The Labute approximate surface area is 116 Å². The third-order valence-electron chi connectivity index (χ3n) is 5.01. The van der Waals surface area contributed by atoms with Gasteiger partial charge in [-0.2, -0.15) is 0 Å². The molecule has 0 radical (unpaired) electrons. The molecule has 0 aromatic carbocycles. The van der Waals surface area contributed by atoms with Gasteiger partial charge in [0.05, 0.1) is 12.8 Å². The summed E-state index contributed by atoms with van der Waals surface area (Å²) in [4.78, 5) is 1.98. The first-order chi connectivity index (χ1) is 9.54. The van der Waals surface area contributed by atoms with E-state index in [1.165, 1.54) is 0 Å². The Bertz CT molecular complexity index is 341. The van der Waals surface area contributed by atoms with Gasteiger partial charge in [0.1, 0.15) is 24.7 Å². The lowest BCUT2D eigenvalue weighted by Gasteiger charge is -2.46. The Kier molecular flexibility index (Phi) is 4.22. The zero-order chi connectivity index (χ0) is 14.3. The van der Waals surface area contributed by atoms with Crippen molar-refractivity contribution in [1.29, 1.82) is 0 Å². The second-order valence-electron chi connectivity index (χ2n) is 6.37. The third kappa shape index (κ3) is 2.82. The molecule has 1 saturated heterocycles. The normalized spacial score (nSPS) is 50.7. The third-order valence-corrected chi connectivity index (χ3v) is 5.01. The Balaban J connectivity index is 1.58. The molecule has 0 spiro atoms. The summed E-state index contributed by atoms with van der Waals surface area (Å²) in [7, 11) is 0. The fourth-order valence-corrected chi connectivity index (χ4v) is 3.74. The van der Waals surface area contributed by atoms with Crippen LogP contribution in [0.4, 0.5) is 17.6 Å². The van der Waals surface area contributed by atoms with Gasteiger partial charge in [-0.25, -0.2) is 17.6 Å². The molecule has 3 fully saturated rings. The molecule has 0 aromatic heterocycles. The molecule has 0 aromatic rings. The largest absolute Gasteiger partial charge is 0.362 e. The summed E-state index contributed by atoms with van der Waals surface area (Å²) in [5.41, 5.74) is 0. The smallest absolute Gasteiger partial charge is 0.134 e. The van der Waals surface area contributed by atoms with Crippen LogP contribution in [0.2, 0.25) is 0 Å². The van der Waals surface area contributed by atoms with Gasteiger partial charge in [-0.05, 0) is 25.7 Å². The van der Waals surface area contributed by atoms with Gasteiger partial charge in [0.15, 0.2) is 0 Å². The number of hydrogen-bond acceptors (Lipinski definition) is 2. The van der Waals surface area contributed by atoms with E-state index in [1.54, 1.807) is 0 Å². The van der Waals surface area contributed by atoms with Crippen molar-refractivity contribution in [2.24, 2.45) is 5.92 Å². The average molecular weight is 295 g/mol. The zero-order valence-electron chi connectivity index (χ0n) is 11.4. The molecule has 0 bridgehead atoms. The summed E-state index contributed by atoms with van der Waals surface area (Å²) in [6.45, 7) is 0.922. The van der Waals surface area contributed by atoms with E-state index in [2.05, 4.69) is 0 Å². The standard InChI is InChI=1S/C14H21F4NO/c15-10-2-1-9(4-12(10)17)19-6-8-3-11(16)13(18)5-14(8)20-7-19/h8-14H,1-7H2. The Morgan fingerprint density at radius 2 is 1.50 bits per heavy atom. The predicted molar refractivity (Wildman–Crippen MR) is 66.4 cm³/mol. The molecule has 2 aliphatic carbocycles. The van der Waals surface area contributed by atoms with Crippen LogP contribution in [0.15, 0.2) is 0 Å². The maximum absolute atomic E-state index is 13.5. The van der Waals surface area contributed by atoms with E-state index in [4.69, 9.17) is 4.74 Å². The molecule has 2 saturated carbocycles. The van der Waals surface area contributed by atoms with Crippen LogP contribution in [0.3, 0.4) is 0 Å². The summed E-state index contributed by atoms with van der Waals surface area (Å²) >= 11 is 0. The molecule has 0 amide bonds. The first-order valence-corrected chi connectivity index (χ1v) is 7.46. The van der Waals surface area contributed by atoms with Gasteiger partial charge in [-0.3, -0.25) is 4.90 Å². The number of ether oxygens (including phenoxy) is 1. The fraction of sp³-hybridized carbons (Fsp3) is 1.00. The van der Waals surface area contributed by atoms with Crippen LogP contribution in [0.1, 0.15) is 32.1 Å². The second-order valence-corrected chi connectivity index (χ2v) is 6.37. The molecule has 0 N–H and O–H groups in total. The molecule has 3 aliphatic rings. The van der Waals surface area contributed by atoms with Crippen molar-refractivity contribution in [3.63, 3.8) is 0 Å². The Morgan fingerprint density at radius 1 is 0.800 bits per heavy atom. The molecular formula is C14H21F4NO. The average Bonchev–Trinajstić information content (AvgIpc) is 2.43. The van der Waals surface area contributed by atoms with Gasteiger partial charge in [0.2, 0.25) is 0 Å². The highest BCUT2D eigenvalue weighted by atomic mass is 19.2. The Morgan fingerprint density at radius 3 is 2.25 bits per heavy atom. The summed E-state index contributed by atoms with van der Waals surface area (Å²) in [5.74, 6) is -0.0353. The number of halogens is 4. The maximum Gasteiger partial charge on any atom is 0.134 e. The van der Waals surface area contributed by atoms with E-state index >= 15 is 0 Å². The minimum atomic E-state index is -1.43. The topological polar surface area (TPSA) is 12.5 Å². The predicted octanol–water partition coefficient (Wildman–Crippen LogP) is 2.96. The molecule has 7 atom stereocenters. The van der Waals surface area contributed by atoms with Crippen LogP contribution < -0.4 is 0 Å². The van der Waals surface area contributed by atoms with Crippen molar-refractivity contribution in [2.75, 3.05) is 13.3 Å². The van der Waals surface area contributed by atoms with Gasteiger partial charge in [0, 0.05) is 24.9 Å². The summed E-state index contributed by atoms with van der Waals surface area (Å²) in [6, 6.07) is -0.0425. The monoisotopic (exact) mass is 295 g/mol. The van der Waals surface area contributed by atoms with Gasteiger partial charge in [-0.15, -0.1) is 0 Å². The van der Waals surface area contributed by atoms with Crippen LogP contribution in [-0.4, -0.2) is 55.0 Å². The van der Waals surface area contributed by atoms with Crippen LogP contribution >= 0.6 is 0 Å². The second kappa shape index (κ2) is 5.79. The quantitative estimate of drug-likeness (QED) is 0.690. The summed E-state index contributed by atoms with van der Waals surface area (Å²) in [5, 5.41) is 0. The molecule has 1 aliphatic heterocycles. The van der Waals surface area contributed by atoms with Crippen molar-refractivity contribution < 1.29 is 22.3 Å². The van der Waals surface area contributed by atoms with E-state index in [-0.39, 0.29) is 43.7 Å². The lowest BCUT2D eigenvalue weighted by molar-refractivity contribution is -0.156. The molecule has 116 valence electrons. The van der Waals surface area contributed by atoms with Crippen molar-refractivity contribution in [3.05, 3.63) is 0 Å². The van der Waals surface area contributed by atoms with Crippen molar-refractivity contribution >= 4 is 0 Å². The van der Waals surface area contributed by atoms with Crippen molar-refractivity contribution in [3.8, 4) is 0 Å². The molecule has 7 unspecified atom stereocenters. The first-order valence-electron chi connectivity index (χ1n) is 7.46. The minimum Gasteiger partial charge on any atom is -0.362 e. The number of rotatable bonds is 1. The minimum absolute atomic E-state index is 0.0353. The number of nitrogens with zero attached hydrogens (tertiary/aromatic N) is 1. The maximum atomic E-state index is 13.5. The molecule has 6 heteroatoms. The van der Waals surface area contributed by atoms with E-state index < -0.39 is 24.7 Å². The van der Waals surface area contributed by atoms with Crippen LogP contribution in [0.5, 0.6) is 0 Å². The highest BCUT2D eigenvalue weighted by Gasteiger charge is 2.43. The van der Waals surface area contributed by atoms with Crippen molar-refractivity contribution in [1.82, 2.24) is 4.90 Å². The molecule has 1 heterocycles.